The van der Waals surface area contributed by atoms with Gasteiger partial charge in [-0.3, -0.25) is 4.79 Å². The fraction of sp³-hybridized carbons (Fsp3) is 0.667. The van der Waals surface area contributed by atoms with Gasteiger partial charge in [0.1, 0.15) is 0 Å². The molecule has 2 fully saturated rings. The first-order valence-electron chi connectivity index (χ1n) is 10.2. The summed E-state index contributed by atoms with van der Waals surface area (Å²) in [5.41, 5.74) is 2.80. The smallest absolute Gasteiger partial charge is 0.387 e. The topological polar surface area (TPSA) is 43.8 Å². The van der Waals surface area contributed by atoms with E-state index in [9.17, 15) is 23.1 Å². The predicted octanol–water partition coefficient (Wildman–Crippen LogP) is 3.68. The van der Waals surface area contributed by atoms with Crippen LogP contribution in [0.15, 0.2) is 18.2 Å². The molecule has 1 saturated carbocycles. The van der Waals surface area contributed by atoms with Crippen molar-refractivity contribution in [2.45, 2.75) is 50.8 Å². The van der Waals surface area contributed by atoms with Crippen LogP contribution in [0.25, 0.3) is 0 Å². The number of anilines is 1. The SMILES string of the molecule is O=C(C1CC1)N1CCCc2cc([C@H](O)CN3CCC(C(F)(F)F)CC3)ccc21. The molecule has 0 unspecified atom stereocenters. The molecule has 1 N–H and O–H groups in total. The summed E-state index contributed by atoms with van der Waals surface area (Å²) in [4.78, 5) is 16.3. The molecule has 1 aromatic rings. The lowest BCUT2D eigenvalue weighted by molar-refractivity contribution is -0.185. The number of carbonyl (C=O) groups is 1. The zero-order valence-corrected chi connectivity index (χ0v) is 15.9. The maximum Gasteiger partial charge on any atom is 0.391 e. The van der Waals surface area contributed by atoms with Crippen LogP contribution in [-0.2, 0) is 11.2 Å². The third-order valence-electron chi connectivity index (χ3n) is 6.28. The Kier molecular flexibility index (Phi) is 5.40. The van der Waals surface area contributed by atoms with E-state index in [4.69, 9.17) is 0 Å². The van der Waals surface area contributed by atoms with E-state index in [-0.39, 0.29) is 24.7 Å². The molecule has 0 bridgehead atoms. The number of benzene rings is 1. The zero-order valence-electron chi connectivity index (χ0n) is 15.9. The molecular formula is C21H27F3N2O2. The maximum atomic E-state index is 12.8. The summed E-state index contributed by atoms with van der Waals surface area (Å²) in [5.74, 6) is -0.836. The van der Waals surface area contributed by atoms with E-state index >= 15 is 0 Å². The predicted molar refractivity (Wildman–Crippen MR) is 100 cm³/mol. The number of amides is 1. The van der Waals surface area contributed by atoms with Crippen molar-refractivity contribution in [1.82, 2.24) is 4.90 Å². The van der Waals surface area contributed by atoms with Crippen molar-refractivity contribution in [1.29, 1.82) is 0 Å². The molecule has 28 heavy (non-hydrogen) atoms. The first-order valence-corrected chi connectivity index (χ1v) is 10.2. The number of halogens is 3. The molecule has 7 heteroatoms. The number of hydrogen-bond acceptors (Lipinski definition) is 3. The second-order valence-corrected chi connectivity index (χ2v) is 8.39. The van der Waals surface area contributed by atoms with Crippen LogP contribution < -0.4 is 4.90 Å². The van der Waals surface area contributed by atoms with Gasteiger partial charge in [-0.15, -0.1) is 0 Å². The molecule has 2 heterocycles. The number of nitrogens with zero attached hydrogens (tertiary/aromatic N) is 2. The van der Waals surface area contributed by atoms with E-state index in [1.807, 2.05) is 28.0 Å². The van der Waals surface area contributed by atoms with Crippen LogP contribution in [0, 0.1) is 11.8 Å². The second kappa shape index (κ2) is 7.67. The fourth-order valence-electron chi connectivity index (χ4n) is 4.40. The Hall–Kier alpha value is -1.60. The lowest BCUT2D eigenvalue weighted by Crippen LogP contribution is -2.40. The Balaban J connectivity index is 1.39. The summed E-state index contributed by atoms with van der Waals surface area (Å²) < 4.78 is 38.4. The molecule has 0 radical (unpaired) electrons. The van der Waals surface area contributed by atoms with Crippen molar-refractivity contribution < 1.29 is 23.1 Å². The van der Waals surface area contributed by atoms with E-state index in [2.05, 4.69) is 0 Å². The lowest BCUT2D eigenvalue weighted by Gasteiger charge is -2.34. The number of aliphatic hydroxyl groups is 1. The number of alkyl halides is 3. The number of carbonyl (C=O) groups excluding carboxylic acids is 1. The van der Waals surface area contributed by atoms with Crippen molar-refractivity contribution >= 4 is 11.6 Å². The molecule has 1 atom stereocenters. The molecule has 0 aromatic heterocycles. The number of rotatable bonds is 4. The normalized spacial score (nSPS) is 22.8. The van der Waals surface area contributed by atoms with E-state index in [1.54, 1.807) is 0 Å². The molecule has 1 aliphatic carbocycles. The number of piperidine rings is 1. The van der Waals surface area contributed by atoms with Gasteiger partial charge in [0.2, 0.25) is 5.91 Å². The van der Waals surface area contributed by atoms with Gasteiger partial charge in [-0.1, -0.05) is 12.1 Å². The van der Waals surface area contributed by atoms with Crippen molar-refractivity contribution in [2.24, 2.45) is 11.8 Å². The Labute approximate surface area is 163 Å². The van der Waals surface area contributed by atoms with Crippen LogP contribution in [0.4, 0.5) is 18.9 Å². The van der Waals surface area contributed by atoms with E-state index in [0.29, 0.717) is 19.6 Å². The number of aliphatic hydroxyl groups excluding tert-OH is 1. The highest BCUT2D eigenvalue weighted by Gasteiger charge is 2.41. The van der Waals surface area contributed by atoms with Gasteiger partial charge in [0.15, 0.2) is 0 Å². The number of likely N-dealkylation sites (tertiary alicyclic amines) is 1. The van der Waals surface area contributed by atoms with Gasteiger partial charge >= 0.3 is 6.18 Å². The van der Waals surface area contributed by atoms with E-state index in [1.165, 1.54) is 0 Å². The molecule has 1 saturated heterocycles. The third-order valence-corrected chi connectivity index (χ3v) is 6.28. The highest BCUT2D eigenvalue weighted by Crippen LogP contribution is 2.37. The third kappa shape index (κ3) is 4.20. The molecule has 2 aliphatic heterocycles. The molecule has 1 amide bonds. The molecule has 154 valence electrons. The van der Waals surface area contributed by atoms with E-state index in [0.717, 1.165) is 49.0 Å². The maximum absolute atomic E-state index is 12.8. The van der Waals surface area contributed by atoms with Crippen molar-refractivity contribution in [3.63, 3.8) is 0 Å². The summed E-state index contributed by atoms with van der Waals surface area (Å²) in [6, 6.07) is 5.74. The monoisotopic (exact) mass is 396 g/mol. The highest BCUT2D eigenvalue weighted by molar-refractivity contribution is 5.97. The quantitative estimate of drug-likeness (QED) is 0.844. The molecule has 4 nitrogen and oxygen atoms in total. The van der Waals surface area contributed by atoms with Gasteiger partial charge in [-0.05, 0) is 68.8 Å². The number of hydrogen-bond donors (Lipinski definition) is 1. The average Bonchev–Trinajstić information content (AvgIpc) is 3.51. The van der Waals surface area contributed by atoms with Gasteiger partial charge in [0.25, 0.3) is 0 Å². The van der Waals surface area contributed by atoms with Crippen LogP contribution >= 0.6 is 0 Å². The van der Waals surface area contributed by atoms with Gasteiger partial charge in [-0.2, -0.15) is 13.2 Å². The Morgan fingerprint density at radius 1 is 1.14 bits per heavy atom. The van der Waals surface area contributed by atoms with Crippen molar-refractivity contribution in [2.75, 3.05) is 31.1 Å². The number of fused-ring (bicyclic) bond motifs is 1. The minimum Gasteiger partial charge on any atom is -0.387 e. The molecule has 3 aliphatic rings. The van der Waals surface area contributed by atoms with Crippen molar-refractivity contribution in [3.8, 4) is 0 Å². The summed E-state index contributed by atoms with van der Waals surface area (Å²) in [6.07, 6.45) is -0.914. The molecule has 1 aromatic carbocycles. The second-order valence-electron chi connectivity index (χ2n) is 8.39. The van der Waals surface area contributed by atoms with Crippen LogP contribution in [0.3, 0.4) is 0 Å². The van der Waals surface area contributed by atoms with Crippen LogP contribution in [-0.4, -0.2) is 48.3 Å². The number of β-amino-alcohol motifs (C(OH)–C–C–N with tert-alkyl or cyclic N) is 1. The van der Waals surface area contributed by atoms with Crippen molar-refractivity contribution in [3.05, 3.63) is 29.3 Å². The summed E-state index contributed by atoms with van der Waals surface area (Å²) in [5, 5.41) is 10.6. The van der Waals surface area contributed by atoms with Crippen LogP contribution in [0.2, 0.25) is 0 Å². The molecular weight excluding hydrogens is 369 g/mol. The largest absolute Gasteiger partial charge is 0.391 e. The fourth-order valence-corrected chi connectivity index (χ4v) is 4.40. The van der Waals surface area contributed by atoms with E-state index < -0.39 is 18.2 Å². The summed E-state index contributed by atoms with van der Waals surface area (Å²) in [7, 11) is 0. The highest BCUT2D eigenvalue weighted by atomic mass is 19.4. The Morgan fingerprint density at radius 2 is 1.86 bits per heavy atom. The Bertz CT molecular complexity index is 725. The summed E-state index contributed by atoms with van der Waals surface area (Å²) >= 11 is 0. The standard InChI is InChI=1S/C21H27F3N2O2/c22-21(23,24)17-7-10-25(11-8-17)13-19(27)16-5-6-18-15(12-16)2-1-9-26(18)20(28)14-3-4-14/h5-6,12,14,17,19,27H,1-4,7-11,13H2/t19-/m1/s1. The summed E-state index contributed by atoms with van der Waals surface area (Å²) in [6.45, 7) is 1.80. The van der Waals surface area contributed by atoms with Crippen LogP contribution in [0.5, 0.6) is 0 Å². The number of aryl methyl sites for hydroxylation is 1. The van der Waals surface area contributed by atoms with Crippen LogP contribution in [0.1, 0.15) is 49.3 Å². The first-order chi connectivity index (χ1) is 13.3. The minimum absolute atomic E-state index is 0.0959. The molecule has 4 rings (SSSR count). The van der Waals surface area contributed by atoms with Gasteiger partial charge < -0.3 is 14.9 Å². The zero-order chi connectivity index (χ0) is 19.9. The average molecular weight is 396 g/mol. The lowest BCUT2D eigenvalue weighted by atomic mass is 9.94. The van der Waals surface area contributed by atoms with Gasteiger partial charge in [0.05, 0.1) is 12.0 Å². The van der Waals surface area contributed by atoms with Gasteiger partial charge in [0, 0.05) is 24.7 Å². The first kappa shape index (κ1) is 19.7. The minimum atomic E-state index is -4.12. The van der Waals surface area contributed by atoms with Gasteiger partial charge in [-0.25, -0.2) is 0 Å². The molecule has 0 spiro atoms. The Morgan fingerprint density at radius 3 is 2.50 bits per heavy atom.